The highest BCUT2D eigenvalue weighted by Gasteiger charge is 2.43. The minimum Gasteiger partial charge on any atom is -0.381 e. The summed E-state index contributed by atoms with van der Waals surface area (Å²) >= 11 is 0. The van der Waals surface area contributed by atoms with E-state index in [-0.39, 0.29) is 35.5 Å². The molecule has 2 atom stereocenters. The molecule has 1 N–H and O–H groups in total. The largest absolute Gasteiger partial charge is 0.381 e. The molecule has 0 radical (unpaired) electrons. The summed E-state index contributed by atoms with van der Waals surface area (Å²) in [6.07, 6.45) is 3.82. The first-order valence-corrected chi connectivity index (χ1v) is 10.2. The molecule has 6 nitrogen and oxygen atoms in total. The van der Waals surface area contributed by atoms with Crippen molar-refractivity contribution in [2.45, 2.75) is 62.6 Å². The number of ether oxygens (including phenoxy) is 1. The van der Waals surface area contributed by atoms with Crippen LogP contribution in [0.25, 0.3) is 0 Å². The lowest BCUT2D eigenvalue weighted by Gasteiger charge is -2.38. The molecule has 0 saturated carbocycles. The molecule has 138 valence electrons. The lowest BCUT2D eigenvalue weighted by Crippen LogP contribution is -2.51. The standard InChI is InChI=1S/C18H26N2O4S/c1-12-4-5-13(2)17(8-12)25(22,23)19-11-18(21)20-14-6-7-15(20)10-16(9-14)24-3/h4-5,8,14-16,19H,6-7,9-11H2,1-3H3. The summed E-state index contributed by atoms with van der Waals surface area (Å²) in [4.78, 5) is 14.8. The van der Waals surface area contributed by atoms with Crippen molar-refractivity contribution in [1.29, 1.82) is 0 Å². The fourth-order valence-corrected chi connectivity index (χ4v) is 5.35. The van der Waals surface area contributed by atoms with Crippen molar-refractivity contribution in [3.8, 4) is 0 Å². The second kappa shape index (κ2) is 7.05. The Hall–Kier alpha value is -1.44. The zero-order valence-corrected chi connectivity index (χ0v) is 15.8. The summed E-state index contributed by atoms with van der Waals surface area (Å²) < 4.78 is 33.1. The number of methoxy groups -OCH3 is 1. The van der Waals surface area contributed by atoms with Crippen molar-refractivity contribution in [2.24, 2.45) is 0 Å². The van der Waals surface area contributed by atoms with E-state index in [4.69, 9.17) is 4.74 Å². The SMILES string of the molecule is COC1CC2CCC(C1)N2C(=O)CNS(=O)(=O)c1cc(C)ccc1C. The average Bonchev–Trinajstić information content (AvgIpc) is 2.85. The van der Waals surface area contributed by atoms with Crippen LogP contribution in [0.3, 0.4) is 0 Å². The van der Waals surface area contributed by atoms with Gasteiger partial charge in [-0.25, -0.2) is 13.1 Å². The predicted molar refractivity (Wildman–Crippen MR) is 94.8 cm³/mol. The number of fused-ring (bicyclic) bond motifs is 2. The Morgan fingerprint density at radius 1 is 1.24 bits per heavy atom. The Labute approximate surface area is 149 Å². The Bertz CT molecular complexity index is 748. The summed E-state index contributed by atoms with van der Waals surface area (Å²) in [5, 5.41) is 0. The van der Waals surface area contributed by atoms with Gasteiger partial charge in [-0.1, -0.05) is 12.1 Å². The molecule has 0 spiro atoms. The number of piperidine rings is 1. The van der Waals surface area contributed by atoms with Crippen LogP contribution in [0.15, 0.2) is 23.1 Å². The van der Waals surface area contributed by atoms with Gasteiger partial charge in [0.15, 0.2) is 0 Å². The van der Waals surface area contributed by atoms with Crippen molar-refractivity contribution in [1.82, 2.24) is 9.62 Å². The second-order valence-corrected chi connectivity index (χ2v) is 8.84. The Kier molecular flexibility index (Phi) is 5.18. The van der Waals surface area contributed by atoms with Crippen LogP contribution in [-0.2, 0) is 19.6 Å². The van der Waals surface area contributed by atoms with Crippen molar-refractivity contribution >= 4 is 15.9 Å². The van der Waals surface area contributed by atoms with E-state index in [2.05, 4.69) is 4.72 Å². The van der Waals surface area contributed by atoms with E-state index in [1.54, 1.807) is 26.2 Å². The summed E-state index contributed by atoms with van der Waals surface area (Å²) in [7, 11) is -1.99. The maximum absolute atomic E-state index is 12.6. The van der Waals surface area contributed by atoms with Crippen LogP contribution >= 0.6 is 0 Å². The molecule has 2 aliphatic rings. The molecule has 2 saturated heterocycles. The summed E-state index contributed by atoms with van der Waals surface area (Å²) in [6.45, 7) is 3.41. The maximum Gasteiger partial charge on any atom is 0.241 e. The highest BCUT2D eigenvalue weighted by molar-refractivity contribution is 7.89. The first kappa shape index (κ1) is 18.4. The van der Waals surface area contributed by atoms with E-state index in [0.29, 0.717) is 5.56 Å². The minimum atomic E-state index is -3.70. The van der Waals surface area contributed by atoms with Crippen LogP contribution in [0.2, 0.25) is 0 Å². The molecule has 2 bridgehead atoms. The number of nitrogens with one attached hydrogen (secondary N) is 1. The minimum absolute atomic E-state index is 0.143. The molecule has 3 rings (SSSR count). The third-order valence-electron chi connectivity index (χ3n) is 5.36. The number of nitrogens with zero attached hydrogens (tertiary/aromatic N) is 1. The lowest BCUT2D eigenvalue weighted by molar-refractivity contribution is -0.136. The molecule has 1 aromatic carbocycles. The van der Waals surface area contributed by atoms with Crippen LogP contribution in [0.5, 0.6) is 0 Å². The van der Waals surface area contributed by atoms with E-state index in [9.17, 15) is 13.2 Å². The molecular weight excluding hydrogens is 340 g/mol. The van der Waals surface area contributed by atoms with Gasteiger partial charge in [-0.05, 0) is 56.7 Å². The number of rotatable bonds is 5. The monoisotopic (exact) mass is 366 g/mol. The zero-order chi connectivity index (χ0) is 18.2. The van der Waals surface area contributed by atoms with E-state index < -0.39 is 10.0 Å². The third kappa shape index (κ3) is 3.73. The quantitative estimate of drug-likeness (QED) is 0.861. The van der Waals surface area contributed by atoms with Gasteiger partial charge in [0, 0.05) is 19.2 Å². The van der Waals surface area contributed by atoms with E-state index in [1.165, 1.54) is 0 Å². The van der Waals surface area contributed by atoms with Crippen LogP contribution in [0, 0.1) is 13.8 Å². The van der Waals surface area contributed by atoms with Crippen molar-refractivity contribution in [3.05, 3.63) is 29.3 Å². The topological polar surface area (TPSA) is 75.7 Å². The maximum atomic E-state index is 12.6. The van der Waals surface area contributed by atoms with Crippen molar-refractivity contribution in [3.63, 3.8) is 0 Å². The van der Waals surface area contributed by atoms with Crippen LogP contribution in [-0.4, -0.2) is 51.1 Å². The molecule has 0 aromatic heterocycles. The van der Waals surface area contributed by atoms with Crippen LogP contribution in [0.1, 0.15) is 36.8 Å². The normalized spacial score (nSPS) is 26.0. The lowest BCUT2D eigenvalue weighted by atomic mass is 9.99. The Morgan fingerprint density at radius 2 is 1.88 bits per heavy atom. The number of hydrogen-bond acceptors (Lipinski definition) is 4. The molecule has 2 aliphatic heterocycles. The van der Waals surface area contributed by atoms with Gasteiger partial charge < -0.3 is 9.64 Å². The smallest absolute Gasteiger partial charge is 0.241 e. The molecule has 2 unspecified atom stereocenters. The molecule has 2 heterocycles. The highest BCUT2D eigenvalue weighted by atomic mass is 32.2. The molecular formula is C18H26N2O4S. The van der Waals surface area contributed by atoms with Gasteiger partial charge in [-0.3, -0.25) is 4.79 Å². The van der Waals surface area contributed by atoms with Crippen LogP contribution < -0.4 is 4.72 Å². The van der Waals surface area contributed by atoms with Gasteiger partial charge in [-0.2, -0.15) is 0 Å². The van der Waals surface area contributed by atoms with Crippen molar-refractivity contribution in [2.75, 3.05) is 13.7 Å². The number of aryl methyl sites for hydroxylation is 2. The first-order valence-electron chi connectivity index (χ1n) is 8.72. The van der Waals surface area contributed by atoms with Gasteiger partial charge >= 0.3 is 0 Å². The zero-order valence-electron chi connectivity index (χ0n) is 15.0. The predicted octanol–water partition coefficient (Wildman–Crippen LogP) is 1.75. The molecule has 0 aliphatic carbocycles. The van der Waals surface area contributed by atoms with Gasteiger partial charge in [0.05, 0.1) is 17.5 Å². The van der Waals surface area contributed by atoms with Crippen molar-refractivity contribution < 1.29 is 17.9 Å². The number of hydrogen-bond donors (Lipinski definition) is 1. The third-order valence-corrected chi connectivity index (χ3v) is 6.90. The number of sulfonamides is 1. The summed E-state index contributed by atoms with van der Waals surface area (Å²) in [5.74, 6) is -0.143. The Balaban J connectivity index is 1.67. The van der Waals surface area contributed by atoms with Gasteiger partial charge in [0.25, 0.3) is 0 Å². The fourth-order valence-electron chi connectivity index (χ4n) is 4.05. The van der Waals surface area contributed by atoms with Gasteiger partial charge in [0.2, 0.25) is 15.9 Å². The van der Waals surface area contributed by atoms with E-state index in [1.807, 2.05) is 17.9 Å². The number of amides is 1. The molecule has 1 amide bonds. The molecule has 7 heteroatoms. The number of carbonyl (C=O) groups is 1. The van der Waals surface area contributed by atoms with E-state index in [0.717, 1.165) is 31.2 Å². The van der Waals surface area contributed by atoms with Gasteiger partial charge in [0.1, 0.15) is 0 Å². The average molecular weight is 366 g/mol. The first-order chi connectivity index (χ1) is 11.8. The summed E-state index contributed by atoms with van der Waals surface area (Å²) in [5.41, 5.74) is 1.54. The molecule has 25 heavy (non-hydrogen) atoms. The molecule has 2 fully saturated rings. The Morgan fingerprint density at radius 3 is 2.48 bits per heavy atom. The van der Waals surface area contributed by atoms with Gasteiger partial charge in [-0.15, -0.1) is 0 Å². The van der Waals surface area contributed by atoms with E-state index >= 15 is 0 Å². The number of benzene rings is 1. The molecule has 1 aromatic rings. The fraction of sp³-hybridized carbons (Fsp3) is 0.611. The van der Waals surface area contributed by atoms with Crippen LogP contribution in [0.4, 0.5) is 0 Å². The number of carbonyl (C=O) groups excluding carboxylic acids is 1. The second-order valence-electron chi connectivity index (χ2n) is 7.11. The highest BCUT2D eigenvalue weighted by Crippen LogP contribution is 2.36. The summed E-state index contributed by atoms with van der Waals surface area (Å²) in [6, 6.07) is 5.62.